The van der Waals surface area contributed by atoms with Crippen molar-refractivity contribution in [2.45, 2.75) is 18.7 Å². The molecule has 0 aliphatic heterocycles. The molecule has 2 aromatic carbocycles. The second-order valence-corrected chi connectivity index (χ2v) is 9.96. The molecular weight excluding hydrogens is 469 g/mol. The van der Waals surface area contributed by atoms with Crippen LogP contribution in [0.5, 0.6) is 5.75 Å². The lowest BCUT2D eigenvalue weighted by Crippen LogP contribution is -2.30. The number of amides is 1. The first-order valence-corrected chi connectivity index (χ1v) is 12.0. The fourth-order valence-electron chi connectivity index (χ4n) is 2.72. The van der Waals surface area contributed by atoms with E-state index < -0.39 is 15.9 Å². The minimum Gasteiger partial charge on any atom is -0.482 e. The number of nitrogens with one attached hydrogen (secondary N) is 1. The monoisotopic (exact) mass is 487 g/mol. The summed E-state index contributed by atoms with van der Waals surface area (Å²) in [6.45, 7) is 4.09. The highest BCUT2D eigenvalue weighted by molar-refractivity contribution is 7.89. The predicted molar refractivity (Wildman–Crippen MR) is 120 cm³/mol. The molecule has 0 aliphatic rings. The number of fused-ring (bicyclic) bond motifs is 1. The standard InChI is InChI=1S/C19H19Cl2N3O4S2/c1-3-24(4-2)30(26,27)13-6-7-15-17(10-13)29-19(22-15)23-18(25)11-28-16-8-5-12(20)9-14(16)21/h5-10H,3-4,11H2,1-2H3,(H,22,23,25). The van der Waals surface area contributed by atoms with Crippen LogP contribution in [0.4, 0.5) is 5.13 Å². The van der Waals surface area contributed by atoms with Gasteiger partial charge in [0, 0.05) is 18.1 Å². The average molecular weight is 488 g/mol. The Hall–Kier alpha value is -1.91. The molecule has 0 saturated heterocycles. The van der Waals surface area contributed by atoms with Crippen LogP contribution in [0.15, 0.2) is 41.3 Å². The maximum absolute atomic E-state index is 12.7. The third-order valence-electron chi connectivity index (χ3n) is 4.20. The van der Waals surface area contributed by atoms with Gasteiger partial charge in [-0.25, -0.2) is 13.4 Å². The van der Waals surface area contributed by atoms with Gasteiger partial charge in [0.15, 0.2) is 11.7 Å². The third-order valence-corrected chi connectivity index (χ3v) is 7.71. The van der Waals surface area contributed by atoms with Gasteiger partial charge in [0.25, 0.3) is 5.91 Å². The zero-order chi connectivity index (χ0) is 21.9. The molecule has 1 N–H and O–H groups in total. The molecule has 160 valence electrons. The molecule has 3 aromatic rings. The number of hydrogen-bond acceptors (Lipinski definition) is 6. The summed E-state index contributed by atoms with van der Waals surface area (Å²) >= 11 is 13.0. The Morgan fingerprint density at radius 3 is 2.57 bits per heavy atom. The molecule has 0 radical (unpaired) electrons. The van der Waals surface area contributed by atoms with Crippen LogP contribution in [0.1, 0.15) is 13.8 Å². The molecule has 7 nitrogen and oxygen atoms in total. The number of benzene rings is 2. The Morgan fingerprint density at radius 2 is 1.90 bits per heavy atom. The largest absolute Gasteiger partial charge is 0.482 e. The normalized spacial score (nSPS) is 11.8. The summed E-state index contributed by atoms with van der Waals surface area (Å²) in [5, 5.41) is 3.77. The summed E-state index contributed by atoms with van der Waals surface area (Å²) < 4.78 is 32.8. The third kappa shape index (κ3) is 5.04. The van der Waals surface area contributed by atoms with E-state index in [9.17, 15) is 13.2 Å². The number of rotatable bonds is 8. The van der Waals surface area contributed by atoms with E-state index in [1.807, 2.05) is 0 Å². The second-order valence-electron chi connectivity index (χ2n) is 6.15. The smallest absolute Gasteiger partial charge is 0.264 e. The first kappa shape index (κ1) is 22.8. The van der Waals surface area contributed by atoms with Crippen molar-refractivity contribution in [2.75, 3.05) is 25.0 Å². The number of nitrogens with zero attached hydrogens (tertiary/aromatic N) is 2. The number of aromatic nitrogens is 1. The lowest BCUT2D eigenvalue weighted by atomic mass is 10.3. The molecule has 1 heterocycles. The number of carbonyl (C=O) groups excluding carboxylic acids is 1. The van der Waals surface area contributed by atoms with Crippen LogP contribution < -0.4 is 10.1 Å². The summed E-state index contributed by atoms with van der Waals surface area (Å²) in [7, 11) is -3.57. The van der Waals surface area contributed by atoms with Gasteiger partial charge in [0.1, 0.15) is 5.75 Å². The van der Waals surface area contributed by atoms with Crippen molar-refractivity contribution in [3.63, 3.8) is 0 Å². The molecular formula is C19H19Cl2N3O4S2. The molecule has 0 fully saturated rings. The van der Waals surface area contributed by atoms with E-state index in [4.69, 9.17) is 27.9 Å². The van der Waals surface area contributed by atoms with Gasteiger partial charge in [-0.15, -0.1) is 0 Å². The van der Waals surface area contributed by atoms with Crippen LogP contribution in [-0.4, -0.2) is 43.3 Å². The Labute approximate surface area is 188 Å². The minimum atomic E-state index is -3.57. The van der Waals surface area contributed by atoms with E-state index in [-0.39, 0.29) is 11.5 Å². The van der Waals surface area contributed by atoms with Gasteiger partial charge in [-0.1, -0.05) is 48.4 Å². The minimum absolute atomic E-state index is 0.195. The lowest BCUT2D eigenvalue weighted by molar-refractivity contribution is -0.118. The van der Waals surface area contributed by atoms with Gasteiger partial charge in [-0.05, 0) is 36.4 Å². The highest BCUT2D eigenvalue weighted by Crippen LogP contribution is 2.30. The molecule has 30 heavy (non-hydrogen) atoms. The van der Waals surface area contributed by atoms with E-state index >= 15 is 0 Å². The highest BCUT2D eigenvalue weighted by atomic mass is 35.5. The Bertz CT molecular complexity index is 1180. The van der Waals surface area contributed by atoms with Gasteiger partial charge in [0.05, 0.1) is 20.1 Å². The van der Waals surface area contributed by atoms with Crippen molar-refractivity contribution in [3.05, 3.63) is 46.4 Å². The summed E-state index contributed by atoms with van der Waals surface area (Å²) in [6, 6.07) is 9.43. The van der Waals surface area contributed by atoms with E-state index in [0.717, 1.165) is 0 Å². The Morgan fingerprint density at radius 1 is 1.17 bits per heavy atom. The van der Waals surface area contributed by atoms with Gasteiger partial charge in [-0.2, -0.15) is 4.31 Å². The Balaban J connectivity index is 1.72. The van der Waals surface area contributed by atoms with E-state index in [1.54, 1.807) is 38.1 Å². The van der Waals surface area contributed by atoms with Gasteiger partial charge < -0.3 is 4.74 Å². The second kappa shape index (κ2) is 9.49. The molecule has 1 aromatic heterocycles. The number of sulfonamides is 1. The zero-order valence-electron chi connectivity index (χ0n) is 16.2. The highest BCUT2D eigenvalue weighted by Gasteiger charge is 2.22. The van der Waals surface area contributed by atoms with Crippen LogP contribution in [0.3, 0.4) is 0 Å². The number of anilines is 1. The van der Waals surface area contributed by atoms with E-state index in [1.165, 1.54) is 27.8 Å². The van der Waals surface area contributed by atoms with Crippen molar-refractivity contribution < 1.29 is 17.9 Å². The molecule has 0 unspecified atom stereocenters. The van der Waals surface area contributed by atoms with E-state index in [0.29, 0.717) is 44.2 Å². The molecule has 3 rings (SSSR count). The van der Waals surface area contributed by atoms with Crippen molar-refractivity contribution in [1.29, 1.82) is 0 Å². The van der Waals surface area contributed by atoms with Gasteiger partial charge in [0.2, 0.25) is 10.0 Å². The van der Waals surface area contributed by atoms with Crippen LogP contribution in [0, 0.1) is 0 Å². The molecule has 0 spiro atoms. The summed E-state index contributed by atoms with van der Waals surface area (Å²) in [4.78, 5) is 16.7. The first-order chi connectivity index (χ1) is 14.2. The fourth-order valence-corrected chi connectivity index (χ4v) is 5.67. The quantitative estimate of drug-likeness (QED) is 0.499. The first-order valence-electron chi connectivity index (χ1n) is 9.03. The molecule has 1 amide bonds. The van der Waals surface area contributed by atoms with Crippen LogP contribution >= 0.6 is 34.5 Å². The maximum atomic E-state index is 12.7. The SMILES string of the molecule is CCN(CC)S(=O)(=O)c1ccc2nc(NC(=O)COc3ccc(Cl)cc3Cl)sc2c1. The molecule has 0 atom stereocenters. The molecule has 11 heteroatoms. The summed E-state index contributed by atoms with van der Waals surface area (Å²) in [5.74, 6) is -0.0807. The van der Waals surface area contributed by atoms with Crippen LogP contribution in [-0.2, 0) is 14.8 Å². The van der Waals surface area contributed by atoms with Crippen molar-refractivity contribution in [1.82, 2.24) is 9.29 Å². The zero-order valence-corrected chi connectivity index (χ0v) is 19.3. The summed E-state index contributed by atoms with van der Waals surface area (Å²) in [5.41, 5.74) is 0.593. The topological polar surface area (TPSA) is 88.6 Å². The number of carbonyl (C=O) groups is 1. The number of hydrogen-bond donors (Lipinski definition) is 1. The van der Waals surface area contributed by atoms with Gasteiger partial charge >= 0.3 is 0 Å². The van der Waals surface area contributed by atoms with E-state index in [2.05, 4.69) is 10.3 Å². The Kier molecular flexibility index (Phi) is 7.20. The van der Waals surface area contributed by atoms with Gasteiger partial charge in [-0.3, -0.25) is 10.1 Å². The fraction of sp³-hybridized carbons (Fsp3) is 0.263. The maximum Gasteiger partial charge on any atom is 0.264 e. The van der Waals surface area contributed by atoms with Crippen molar-refractivity contribution >= 4 is 65.8 Å². The number of thiazole rings is 1. The lowest BCUT2D eigenvalue weighted by Gasteiger charge is -2.18. The van der Waals surface area contributed by atoms with Crippen LogP contribution in [0.2, 0.25) is 10.0 Å². The van der Waals surface area contributed by atoms with Crippen molar-refractivity contribution in [2.24, 2.45) is 0 Å². The molecule has 0 aliphatic carbocycles. The predicted octanol–water partition coefficient (Wildman–Crippen LogP) is 4.65. The number of halogens is 2. The van der Waals surface area contributed by atoms with Crippen molar-refractivity contribution in [3.8, 4) is 5.75 Å². The molecule has 0 saturated carbocycles. The molecule has 0 bridgehead atoms. The summed E-state index contributed by atoms with van der Waals surface area (Å²) in [6.07, 6.45) is 0. The van der Waals surface area contributed by atoms with Crippen LogP contribution in [0.25, 0.3) is 10.2 Å². The average Bonchev–Trinajstić information content (AvgIpc) is 3.09. The number of ether oxygens (including phenoxy) is 1.